The van der Waals surface area contributed by atoms with Gasteiger partial charge in [-0.2, -0.15) is 0 Å². The van der Waals surface area contributed by atoms with Crippen LogP contribution < -0.4 is 14.8 Å². The molecule has 4 rings (SSSR count). The van der Waals surface area contributed by atoms with Crippen molar-refractivity contribution in [2.75, 3.05) is 26.1 Å². The number of rotatable bonds is 12. The van der Waals surface area contributed by atoms with Crippen LogP contribution in [0, 0.1) is 0 Å². The van der Waals surface area contributed by atoms with Crippen molar-refractivity contribution in [3.8, 4) is 11.5 Å². The molecule has 0 spiro atoms. The highest BCUT2D eigenvalue weighted by atomic mass is 16.7. The van der Waals surface area contributed by atoms with E-state index in [-0.39, 0.29) is 11.4 Å². The van der Waals surface area contributed by atoms with E-state index in [0.717, 1.165) is 42.1 Å². The maximum Gasteiger partial charge on any atom is 0.352 e. The lowest BCUT2D eigenvalue weighted by molar-refractivity contribution is -0.222. The van der Waals surface area contributed by atoms with E-state index in [1.54, 1.807) is 38.6 Å². The molecule has 9 nitrogen and oxygen atoms in total. The van der Waals surface area contributed by atoms with E-state index in [1.165, 1.54) is 13.8 Å². The zero-order chi connectivity index (χ0) is 28.7. The Balaban J connectivity index is 1.84. The van der Waals surface area contributed by atoms with E-state index in [1.807, 2.05) is 35.2 Å². The first-order valence-electron chi connectivity index (χ1n) is 13.5. The van der Waals surface area contributed by atoms with Crippen molar-refractivity contribution in [2.24, 2.45) is 0 Å². The van der Waals surface area contributed by atoms with Gasteiger partial charge < -0.3 is 29.2 Å². The van der Waals surface area contributed by atoms with Gasteiger partial charge in [0, 0.05) is 44.6 Å². The minimum atomic E-state index is -1.37. The zero-order valence-electron chi connectivity index (χ0n) is 23.8. The Kier molecular flexibility index (Phi) is 9.14. The van der Waals surface area contributed by atoms with Crippen molar-refractivity contribution < 1.29 is 28.5 Å². The van der Waals surface area contributed by atoms with Crippen LogP contribution in [0.15, 0.2) is 66.1 Å². The van der Waals surface area contributed by atoms with E-state index in [0.29, 0.717) is 30.3 Å². The first-order chi connectivity index (χ1) is 19.3. The van der Waals surface area contributed by atoms with E-state index in [2.05, 4.69) is 17.2 Å². The highest BCUT2D eigenvalue weighted by Gasteiger charge is 2.42. The minimum Gasteiger partial charge on any atom is -0.497 e. The monoisotopic (exact) mass is 547 g/mol. The molecule has 0 bridgehead atoms. The summed E-state index contributed by atoms with van der Waals surface area (Å²) in [5.74, 6) is -1.51. The number of benzene rings is 2. The van der Waals surface area contributed by atoms with Gasteiger partial charge in [0.2, 0.25) is 0 Å². The summed E-state index contributed by atoms with van der Waals surface area (Å²) in [5.41, 5.74) is 2.21. The van der Waals surface area contributed by atoms with E-state index >= 15 is 0 Å². The lowest BCUT2D eigenvalue weighted by atomic mass is 10.1. The second kappa shape index (κ2) is 12.7. The third kappa shape index (κ3) is 6.65. The number of hydrogen-bond acceptors (Lipinski definition) is 9. The van der Waals surface area contributed by atoms with Crippen molar-refractivity contribution >= 4 is 28.5 Å². The Labute approximate surface area is 235 Å². The van der Waals surface area contributed by atoms with Gasteiger partial charge in [-0.15, -0.1) is 0 Å². The first-order valence-corrected chi connectivity index (χ1v) is 13.5. The van der Waals surface area contributed by atoms with Gasteiger partial charge >= 0.3 is 11.9 Å². The number of cyclic esters (lactones) is 2. The maximum atomic E-state index is 13.3. The van der Waals surface area contributed by atoms with Gasteiger partial charge in [0.1, 0.15) is 17.3 Å². The van der Waals surface area contributed by atoms with E-state index in [4.69, 9.17) is 18.9 Å². The molecule has 1 fully saturated rings. The van der Waals surface area contributed by atoms with Crippen LogP contribution in [0.5, 0.6) is 11.5 Å². The average Bonchev–Trinajstić information content (AvgIpc) is 2.93. The highest BCUT2D eigenvalue weighted by molar-refractivity contribution is 6.16. The molecule has 0 atom stereocenters. The number of carbonyl (C=O) groups is 2. The van der Waals surface area contributed by atoms with Gasteiger partial charge in [-0.05, 0) is 36.2 Å². The van der Waals surface area contributed by atoms with Gasteiger partial charge in [-0.1, -0.05) is 44.4 Å². The topological polar surface area (TPSA) is 99.2 Å². The second-order valence-corrected chi connectivity index (χ2v) is 10.1. The number of nitrogens with zero attached hydrogens (tertiary/aromatic N) is 2. The maximum absolute atomic E-state index is 13.3. The summed E-state index contributed by atoms with van der Waals surface area (Å²) in [6.07, 6.45) is 5.78. The van der Waals surface area contributed by atoms with Gasteiger partial charge in [0.05, 0.1) is 25.4 Å². The number of anilines is 1. The number of fused-ring (bicyclic) bond motifs is 1. The van der Waals surface area contributed by atoms with Gasteiger partial charge in [-0.3, -0.25) is 4.98 Å². The summed E-state index contributed by atoms with van der Waals surface area (Å²) in [6, 6.07) is 15.1. The Morgan fingerprint density at radius 2 is 1.73 bits per heavy atom. The summed E-state index contributed by atoms with van der Waals surface area (Å²) in [5, 5.41) is 4.32. The fourth-order valence-corrected chi connectivity index (χ4v) is 4.67. The molecule has 1 saturated heterocycles. The molecule has 1 N–H and O–H groups in total. The summed E-state index contributed by atoms with van der Waals surface area (Å²) < 4.78 is 22.0. The van der Waals surface area contributed by atoms with Crippen LogP contribution in [0.4, 0.5) is 5.69 Å². The van der Waals surface area contributed by atoms with Gasteiger partial charge in [0.25, 0.3) is 5.79 Å². The van der Waals surface area contributed by atoms with Crippen LogP contribution in [0.25, 0.3) is 10.9 Å². The van der Waals surface area contributed by atoms with Crippen molar-refractivity contribution in [3.05, 3.63) is 71.7 Å². The Morgan fingerprint density at radius 1 is 0.975 bits per heavy atom. The predicted octanol–water partition coefficient (Wildman–Crippen LogP) is 5.79. The van der Waals surface area contributed by atoms with Crippen LogP contribution in [0.1, 0.15) is 52.0 Å². The number of para-hydroxylation sites is 1. The van der Waals surface area contributed by atoms with Crippen molar-refractivity contribution in [3.63, 3.8) is 0 Å². The molecule has 0 saturated carbocycles. The second-order valence-electron chi connectivity index (χ2n) is 10.1. The number of esters is 2. The fourth-order valence-electron chi connectivity index (χ4n) is 4.67. The predicted molar refractivity (Wildman–Crippen MR) is 153 cm³/mol. The smallest absolute Gasteiger partial charge is 0.352 e. The molecule has 40 heavy (non-hydrogen) atoms. The number of unbranched alkanes of at least 4 members (excludes halogenated alkanes) is 3. The number of nitrogens with one attached hydrogen (secondary N) is 1. The number of methoxy groups -OCH3 is 2. The zero-order valence-corrected chi connectivity index (χ0v) is 23.8. The van der Waals surface area contributed by atoms with Crippen molar-refractivity contribution in [1.82, 2.24) is 9.88 Å². The molecule has 1 aliphatic rings. The summed E-state index contributed by atoms with van der Waals surface area (Å²) in [7, 11) is 3.12. The summed E-state index contributed by atoms with van der Waals surface area (Å²) in [6.45, 7) is 6.20. The third-order valence-electron chi connectivity index (χ3n) is 6.68. The number of pyridine rings is 1. The highest BCUT2D eigenvalue weighted by Crippen LogP contribution is 2.34. The van der Waals surface area contributed by atoms with Crippen LogP contribution in [0.2, 0.25) is 0 Å². The molecule has 3 aromatic rings. The molecule has 212 valence electrons. The molecule has 0 unspecified atom stereocenters. The van der Waals surface area contributed by atoms with Crippen molar-refractivity contribution in [1.29, 1.82) is 0 Å². The SMILES string of the molecule is CCCCCCN(Cc1ccnc2ccccc12)C(Nc1ccc(OC)cc1OC)=C1C(=O)OC(C)(C)OC1=O. The Morgan fingerprint density at radius 3 is 2.42 bits per heavy atom. The molecule has 1 aliphatic heterocycles. The minimum absolute atomic E-state index is 0.203. The number of aromatic nitrogens is 1. The van der Waals surface area contributed by atoms with Gasteiger partial charge in [0.15, 0.2) is 5.57 Å². The van der Waals surface area contributed by atoms with Crippen LogP contribution in [0.3, 0.4) is 0 Å². The molecule has 1 aromatic heterocycles. The molecule has 0 amide bonds. The van der Waals surface area contributed by atoms with Crippen molar-refractivity contribution in [2.45, 2.75) is 58.8 Å². The Bertz CT molecular complexity index is 1370. The first kappa shape index (κ1) is 28.7. The standard InChI is InChI=1S/C31H37N3O6/c1-6-7-8-11-18-34(20-21-16-17-32-24-13-10-9-12-23(21)24)28(27-29(35)39-31(2,3)40-30(27)36)33-25-15-14-22(37-4)19-26(25)38-5/h9-10,12-17,19,33H,6-8,11,18,20H2,1-5H3. The lowest BCUT2D eigenvalue weighted by Gasteiger charge is -2.34. The average molecular weight is 548 g/mol. The molecule has 2 heterocycles. The fraction of sp³-hybridized carbons (Fsp3) is 0.387. The molecule has 0 radical (unpaired) electrons. The summed E-state index contributed by atoms with van der Waals surface area (Å²) >= 11 is 0. The summed E-state index contributed by atoms with van der Waals surface area (Å²) in [4.78, 5) is 33.2. The van der Waals surface area contributed by atoms with E-state index in [9.17, 15) is 9.59 Å². The Hall–Kier alpha value is -4.27. The molecular weight excluding hydrogens is 510 g/mol. The third-order valence-corrected chi connectivity index (χ3v) is 6.68. The van der Waals surface area contributed by atoms with E-state index < -0.39 is 17.7 Å². The van der Waals surface area contributed by atoms with Crippen LogP contribution in [-0.4, -0.2) is 48.4 Å². The lowest BCUT2D eigenvalue weighted by Crippen LogP contribution is -2.44. The molecule has 0 aliphatic carbocycles. The normalized spacial score (nSPS) is 14.4. The molecule has 2 aromatic carbocycles. The van der Waals surface area contributed by atoms with Crippen LogP contribution >= 0.6 is 0 Å². The van der Waals surface area contributed by atoms with Crippen LogP contribution in [-0.2, 0) is 25.6 Å². The molecule has 9 heteroatoms. The number of hydrogen-bond donors (Lipinski definition) is 1. The number of carbonyl (C=O) groups excluding carboxylic acids is 2. The number of ether oxygens (including phenoxy) is 4. The molecular formula is C31H37N3O6. The largest absolute Gasteiger partial charge is 0.497 e. The quantitative estimate of drug-likeness (QED) is 0.131. The van der Waals surface area contributed by atoms with Gasteiger partial charge in [-0.25, -0.2) is 9.59 Å².